The summed E-state index contributed by atoms with van der Waals surface area (Å²) in [7, 11) is 0. The lowest BCUT2D eigenvalue weighted by Crippen LogP contribution is -1.96. The summed E-state index contributed by atoms with van der Waals surface area (Å²) in [6, 6.07) is 14.1. The number of hydrogen-bond acceptors (Lipinski definition) is 0. The van der Waals surface area contributed by atoms with Gasteiger partial charge < -0.3 is 0 Å². The summed E-state index contributed by atoms with van der Waals surface area (Å²) in [5, 5.41) is 0.631. The third-order valence-corrected chi connectivity index (χ3v) is 3.60. The lowest BCUT2D eigenvalue weighted by Gasteiger charge is -2.13. The molecule has 0 heterocycles. The number of benzene rings is 2. The summed E-state index contributed by atoms with van der Waals surface area (Å²) >= 11 is 12.4. The maximum Gasteiger partial charge on any atom is 0.0838 e. The molecule has 0 saturated carbocycles. The van der Waals surface area contributed by atoms with E-state index in [1.165, 1.54) is 5.56 Å². The van der Waals surface area contributed by atoms with Crippen LogP contribution in [0.5, 0.6) is 0 Å². The Hall–Kier alpha value is -0.980. The average Bonchev–Trinajstić information content (AvgIpc) is 2.29. The van der Waals surface area contributed by atoms with Crippen LogP contribution in [-0.2, 0) is 0 Å². The first-order chi connectivity index (χ1) is 8.08. The molecule has 1 atom stereocenters. The number of hydrogen-bond donors (Lipinski definition) is 0. The molecule has 17 heavy (non-hydrogen) atoms. The Balaban J connectivity index is 2.36. The van der Waals surface area contributed by atoms with Crippen molar-refractivity contribution in [1.29, 1.82) is 0 Å². The molecular weight excluding hydrogens is 251 g/mol. The third-order valence-electron chi connectivity index (χ3n) is 2.87. The second-order valence-corrected chi connectivity index (χ2v) is 5.15. The summed E-state index contributed by atoms with van der Waals surface area (Å²) in [6.07, 6.45) is 0. The largest absolute Gasteiger partial charge is 0.113 e. The molecule has 0 bridgehead atoms. The van der Waals surface area contributed by atoms with E-state index in [9.17, 15) is 0 Å². The Morgan fingerprint density at radius 1 is 0.941 bits per heavy atom. The summed E-state index contributed by atoms with van der Waals surface area (Å²) in [6.45, 7) is 4.10. The van der Waals surface area contributed by atoms with Crippen molar-refractivity contribution in [3.63, 3.8) is 0 Å². The Bertz CT molecular complexity index is 515. The van der Waals surface area contributed by atoms with Gasteiger partial charge in [0.05, 0.1) is 5.38 Å². The minimum Gasteiger partial charge on any atom is -0.113 e. The molecule has 88 valence electrons. The molecule has 0 spiro atoms. The van der Waals surface area contributed by atoms with Crippen molar-refractivity contribution in [3.05, 3.63) is 69.7 Å². The lowest BCUT2D eigenvalue weighted by atomic mass is 9.99. The molecule has 0 aliphatic heterocycles. The fourth-order valence-corrected chi connectivity index (χ4v) is 2.46. The molecule has 2 aromatic carbocycles. The van der Waals surface area contributed by atoms with Crippen LogP contribution in [0.15, 0.2) is 42.5 Å². The van der Waals surface area contributed by atoms with E-state index in [0.717, 1.165) is 21.7 Å². The van der Waals surface area contributed by atoms with E-state index >= 15 is 0 Å². The molecule has 2 aromatic rings. The Kier molecular flexibility index (Phi) is 3.76. The molecule has 0 fully saturated rings. The van der Waals surface area contributed by atoms with Gasteiger partial charge in [0.1, 0.15) is 0 Å². The Labute approximate surface area is 112 Å². The maximum atomic E-state index is 6.50. The minimum atomic E-state index is -0.118. The van der Waals surface area contributed by atoms with Crippen LogP contribution in [0.3, 0.4) is 0 Å². The van der Waals surface area contributed by atoms with E-state index in [1.807, 2.05) is 25.1 Å². The fraction of sp³-hybridized carbons (Fsp3) is 0.200. The van der Waals surface area contributed by atoms with Gasteiger partial charge in [-0.2, -0.15) is 0 Å². The molecule has 0 amide bonds. The molecule has 0 N–H and O–H groups in total. The number of halogens is 2. The van der Waals surface area contributed by atoms with Gasteiger partial charge in [-0.15, -0.1) is 11.6 Å². The molecular formula is C15H14Cl2. The van der Waals surface area contributed by atoms with Gasteiger partial charge in [0.2, 0.25) is 0 Å². The summed E-state index contributed by atoms with van der Waals surface area (Å²) in [5.41, 5.74) is 4.59. The van der Waals surface area contributed by atoms with Crippen molar-refractivity contribution < 1.29 is 0 Å². The van der Waals surface area contributed by atoms with E-state index in [4.69, 9.17) is 23.2 Å². The minimum absolute atomic E-state index is 0.118. The van der Waals surface area contributed by atoms with Gasteiger partial charge in [-0.05, 0) is 42.7 Å². The van der Waals surface area contributed by atoms with Crippen molar-refractivity contribution in [1.82, 2.24) is 0 Å². The Morgan fingerprint density at radius 2 is 1.59 bits per heavy atom. The first kappa shape index (κ1) is 12.5. The van der Waals surface area contributed by atoms with Crippen molar-refractivity contribution in [2.24, 2.45) is 0 Å². The quantitative estimate of drug-likeness (QED) is 0.647. The van der Waals surface area contributed by atoms with Gasteiger partial charge in [0, 0.05) is 5.02 Å². The predicted molar refractivity (Wildman–Crippen MR) is 75.1 cm³/mol. The van der Waals surface area contributed by atoms with E-state index in [-0.39, 0.29) is 5.38 Å². The van der Waals surface area contributed by atoms with Gasteiger partial charge in [-0.3, -0.25) is 0 Å². The standard InChI is InChI=1S/C15H14Cl2/c1-10-3-5-12(6-4-10)15(17)14-8-7-13(16)9-11(14)2/h3-9,15H,1-2H3. The van der Waals surface area contributed by atoms with Crippen LogP contribution < -0.4 is 0 Å². The smallest absolute Gasteiger partial charge is 0.0838 e. The van der Waals surface area contributed by atoms with Gasteiger partial charge in [0.25, 0.3) is 0 Å². The Morgan fingerprint density at radius 3 is 2.18 bits per heavy atom. The SMILES string of the molecule is Cc1ccc(C(Cl)c2ccc(Cl)cc2C)cc1. The summed E-state index contributed by atoms with van der Waals surface area (Å²) in [5.74, 6) is 0. The van der Waals surface area contributed by atoms with Crippen LogP contribution in [0.1, 0.15) is 27.6 Å². The van der Waals surface area contributed by atoms with E-state index < -0.39 is 0 Å². The highest BCUT2D eigenvalue weighted by molar-refractivity contribution is 6.30. The third kappa shape index (κ3) is 2.83. The zero-order valence-electron chi connectivity index (χ0n) is 9.87. The molecule has 0 aromatic heterocycles. The van der Waals surface area contributed by atoms with Crippen molar-refractivity contribution in [3.8, 4) is 0 Å². The molecule has 2 heteroatoms. The number of aryl methyl sites for hydroxylation is 2. The highest BCUT2D eigenvalue weighted by Crippen LogP contribution is 2.32. The summed E-state index contributed by atoms with van der Waals surface area (Å²) in [4.78, 5) is 0. The van der Waals surface area contributed by atoms with Crippen LogP contribution in [-0.4, -0.2) is 0 Å². The topological polar surface area (TPSA) is 0 Å². The average molecular weight is 265 g/mol. The lowest BCUT2D eigenvalue weighted by molar-refractivity contribution is 1.11. The fourth-order valence-electron chi connectivity index (χ4n) is 1.84. The van der Waals surface area contributed by atoms with Gasteiger partial charge in [-0.25, -0.2) is 0 Å². The molecule has 0 saturated heterocycles. The first-order valence-corrected chi connectivity index (χ1v) is 6.36. The van der Waals surface area contributed by atoms with E-state index in [1.54, 1.807) is 0 Å². The first-order valence-electron chi connectivity index (χ1n) is 5.54. The normalized spacial score (nSPS) is 12.5. The number of alkyl halides is 1. The van der Waals surface area contributed by atoms with Crippen molar-refractivity contribution in [2.45, 2.75) is 19.2 Å². The molecule has 0 nitrogen and oxygen atoms in total. The van der Waals surface area contributed by atoms with Crippen LogP contribution in [0, 0.1) is 13.8 Å². The van der Waals surface area contributed by atoms with E-state index in [2.05, 4.69) is 31.2 Å². The predicted octanol–water partition coefficient (Wildman–Crippen LogP) is 5.29. The monoisotopic (exact) mass is 264 g/mol. The highest BCUT2D eigenvalue weighted by Gasteiger charge is 2.12. The second-order valence-electron chi connectivity index (χ2n) is 4.27. The molecule has 2 rings (SSSR count). The summed E-state index contributed by atoms with van der Waals surface area (Å²) < 4.78 is 0. The van der Waals surface area contributed by atoms with Gasteiger partial charge in [0.15, 0.2) is 0 Å². The maximum absolute atomic E-state index is 6.50. The van der Waals surface area contributed by atoms with Crippen LogP contribution in [0.2, 0.25) is 5.02 Å². The van der Waals surface area contributed by atoms with Crippen LogP contribution in [0.4, 0.5) is 0 Å². The van der Waals surface area contributed by atoms with Gasteiger partial charge in [-0.1, -0.05) is 47.5 Å². The zero-order chi connectivity index (χ0) is 12.4. The van der Waals surface area contributed by atoms with Crippen LogP contribution >= 0.6 is 23.2 Å². The van der Waals surface area contributed by atoms with E-state index in [0.29, 0.717) is 0 Å². The second kappa shape index (κ2) is 5.12. The van der Waals surface area contributed by atoms with Crippen LogP contribution in [0.25, 0.3) is 0 Å². The van der Waals surface area contributed by atoms with Gasteiger partial charge >= 0.3 is 0 Å². The molecule has 0 radical (unpaired) electrons. The van der Waals surface area contributed by atoms with Crippen molar-refractivity contribution in [2.75, 3.05) is 0 Å². The molecule has 0 aliphatic carbocycles. The highest BCUT2D eigenvalue weighted by atomic mass is 35.5. The molecule has 0 aliphatic rings. The molecule has 1 unspecified atom stereocenters. The van der Waals surface area contributed by atoms with Crippen molar-refractivity contribution >= 4 is 23.2 Å². The zero-order valence-corrected chi connectivity index (χ0v) is 11.4. The number of rotatable bonds is 2.